The van der Waals surface area contributed by atoms with Gasteiger partial charge in [-0.15, -0.1) is 0 Å². The van der Waals surface area contributed by atoms with Crippen molar-refractivity contribution in [1.29, 1.82) is 0 Å². The number of hydrogen-bond donors (Lipinski definition) is 1. The number of nitrogens with one attached hydrogen (secondary N) is 1. The first-order valence-corrected chi connectivity index (χ1v) is 9.58. The molecule has 5 heteroatoms. The predicted octanol–water partition coefficient (Wildman–Crippen LogP) is 4.33. The minimum absolute atomic E-state index is 0.160. The first kappa shape index (κ1) is 18.0. The zero-order chi connectivity index (χ0) is 19.3. The Kier molecular flexibility index (Phi) is 5.24. The number of H-pyrrole nitrogens is 1. The number of nitrogens with zero attached hydrogens (tertiary/aromatic N) is 3. The normalized spacial score (nSPS) is 11.0. The summed E-state index contributed by atoms with van der Waals surface area (Å²) >= 11 is 0. The highest BCUT2D eigenvalue weighted by molar-refractivity contribution is 5.83. The fourth-order valence-corrected chi connectivity index (χ4v) is 3.49. The molecule has 1 amide bonds. The minimum atomic E-state index is 0.160. The van der Waals surface area contributed by atoms with Gasteiger partial charge in [-0.05, 0) is 36.6 Å². The molecule has 0 aliphatic heterocycles. The second-order valence-corrected chi connectivity index (χ2v) is 7.09. The number of rotatable bonds is 7. The zero-order valence-electron chi connectivity index (χ0n) is 16.0. The van der Waals surface area contributed by atoms with Crippen LogP contribution in [-0.2, 0) is 17.8 Å². The van der Waals surface area contributed by atoms with E-state index in [0.717, 1.165) is 29.6 Å². The van der Waals surface area contributed by atoms with E-state index in [1.54, 1.807) is 4.90 Å². The third kappa shape index (κ3) is 3.98. The molecule has 0 radical (unpaired) electrons. The predicted molar refractivity (Wildman–Crippen MR) is 111 cm³/mol. The summed E-state index contributed by atoms with van der Waals surface area (Å²) in [6, 6.07) is 18.3. The zero-order valence-corrected chi connectivity index (χ0v) is 16.0. The van der Waals surface area contributed by atoms with E-state index in [0.29, 0.717) is 13.0 Å². The van der Waals surface area contributed by atoms with E-state index >= 15 is 0 Å². The topological polar surface area (TPSA) is 53.9 Å². The van der Waals surface area contributed by atoms with Gasteiger partial charge in [-0.1, -0.05) is 36.4 Å². The number of amides is 1. The molecule has 4 aromatic rings. The summed E-state index contributed by atoms with van der Waals surface area (Å²) in [5.41, 5.74) is 4.46. The SMILES string of the molecule is CN(Cc1cnn(-c2ccccc2)c1)C(=O)CCCc1c[nH]c2ccccc12. The first-order chi connectivity index (χ1) is 13.7. The van der Waals surface area contributed by atoms with Crippen LogP contribution in [0.4, 0.5) is 0 Å². The van der Waals surface area contributed by atoms with E-state index in [2.05, 4.69) is 28.4 Å². The van der Waals surface area contributed by atoms with Gasteiger partial charge in [-0.25, -0.2) is 4.68 Å². The van der Waals surface area contributed by atoms with E-state index < -0.39 is 0 Å². The van der Waals surface area contributed by atoms with Crippen LogP contribution in [0.2, 0.25) is 0 Å². The van der Waals surface area contributed by atoms with Gasteiger partial charge in [-0.3, -0.25) is 4.79 Å². The molecule has 0 aliphatic carbocycles. The molecule has 0 fully saturated rings. The van der Waals surface area contributed by atoms with Crippen molar-refractivity contribution < 1.29 is 4.79 Å². The van der Waals surface area contributed by atoms with Crippen LogP contribution in [0.5, 0.6) is 0 Å². The van der Waals surface area contributed by atoms with E-state index in [-0.39, 0.29) is 5.91 Å². The molecule has 5 nitrogen and oxygen atoms in total. The molecule has 0 bridgehead atoms. The standard InChI is InChI=1S/C23H24N4O/c1-26(16-18-14-25-27(17-18)20-9-3-2-4-10-20)23(28)13-7-8-19-15-24-22-12-6-5-11-21(19)22/h2-6,9-12,14-15,17,24H,7-8,13,16H2,1H3. The molecule has 0 aliphatic rings. The smallest absolute Gasteiger partial charge is 0.222 e. The summed E-state index contributed by atoms with van der Waals surface area (Å²) in [6.45, 7) is 0.568. The Bertz CT molecular complexity index is 1060. The van der Waals surface area contributed by atoms with Gasteiger partial charge in [0.2, 0.25) is 5.91 Å². The Labute approximate surface area is 164 Å². The number of aryl methyl sites for hydroxylation is 1. The Balaban J connectivity index is 1.30. The van der Waals surface area contributed by atoms with Gasteiger partial charge >= 0.3 is 0 Å². The lowest BCUT2D eigenvalue weighted by molar-refractivity contribution is -0.130. The van der Waals surface area contributed by atoms with Crippen molar-refractivity contribution in [3.63, 3.8) is 0 Å². The Morgan fingerprint density at radius 1 is 1.11 bits per heavy atom. The average Bonchev–Trinajstić information content (AvgIpc) is 3.36. The van der Waals surface area contributed by atoms with Crippen LogP contribution in [0.25, 0.3) is 16.6 Å². The van der Waals surface area contributed by atoms with Crippen LogP contribution >= 0.6 is 0 Å². The van der Waals surface area contributed by atoms with Crippen molar-refractivity contribution in [3.8, 4) is 5.69 Å². The summed E-state index contributed by atoms with van der Waals surface area (Å²) in [4.78, 5) is 17.6. The molecule has 4 rings (SSSR count). The molecular formula is C23H24N4O. The van der Waals surface area contributed by atoms with Crippen LogP contribution < -0.4 is 0 Å². The second-order valence-electron chi connectivity index (χ2n) is 7.09. The third-order valence-corrected chi connectivity index (χ3v) is 5.01. The van der Waals surface area contributed by atoms with Crippen LogP contribution in [0, 0.1) is 0 Å². The molecule has 1 N–H and O–H groups in total. The summed E-state index contributed by atoms with van der Waals surface area (Å²) in [7, 11) is 1.86. The first-order valence-electron chi connectivity index (χ1n) is 9.58. The highest BCUT2D eigenvalue weighted by Gasteiger charge is 2.11. The van der Waals surface area contributed by atoms with Crippen molar-refractivity contribution in [3.05, 3.63) is 84.3 Å². The van der Waals surface area contributed by atoms with Crippen LogP contribution in [0.3, 0.4) is 0 Å². The fourth-order valence-electron chi connectivity index (χ4n) is 3.49. The number of para-hydroxylation sites is 2. The van der Waals surface area contributed by atoms with Crippen molar-refractivity contribution in [1.82, 2.24) is 19.7 Å². The van der Waals surface area contributed by atoms with Gasteiger partial charge in [0.1, 0.15) is 0 Å². The van der Waals surface area contributed by atoms with Crippen molar-refractivity contribution >= 4 is 16.8 Å². The van der Waals surface area contributed by atoms with E-state index in [1.807, 2.05) is 66.6 Å². The molecular weight excluding hydrogens is 348 g/mol. The summed E-state index contributed by atoms with van der Waals surface area (Å²) in [5, 5.41) is 5.65. The maximum Gasteiger partial charge on any atom is 0.222 e. The summed E-state index contributed by atoms with van der Waals surface area (Å²) in [6.07, 6.45) is 8.14. The van der Waals surface area contributed by atoms with Gasteiger partial charge in [0.05, 0.1) is 11.9 Å². The van der Waals surface area contributed by atoms with Gasteiger partial charge < -0.3 is 9.88 Å². The second kappa shape index (κ2) is 8.13. The molecule has 0 atom stereocenters. The molecule has 2 aromatic carbocycles. The lowest BCUT2D eigenvalue weighted by atomic mass is 10.1. The van der Waals surface area contributed by atoms with Crippen molar-refractivity contribution in [2.75, 3.05) is 7.05 Å². The monoisotopic (exact) mass is 372 g/mol. The maximum absolute atomic E-state index is 12.5. The van der Waals surface area contributed by atoms with Gasteiger partial charge in [0.25, 0.3) is 0 Å². The van der Waals surface area contributed by atoms with E-state index in [1.165, 1.54) is 10.9 Å². The Morgan fingerprint density at radius 2 is 1.89 bits per heavy atom. The lowest BCUT2D eigenvalue weighted by Crippen LogP contribution is -2.25. The molecule has 0 saturated carbocycles. The Hall–Kier alpha value is -3.34. The minimum Gasteiger partial charge on any atom is -0.361 e. The van der Waals surface area contributed by atoms with E-state index in [9.17, 15) is 4.79 Å². The molecule has 2 aromatic heterocycles. The number of aromatic amines is 1. The molecule has 28 heavy (non-hydrogen) atoms. The van der Waals surface area contributed by atoms with Crippen LogP contribution in [0.15, 0.2) is 73.2 Å². The number of benzene rings is 2. The third-order valence-electron chi connectivity index (χ3n) is 5.01. The highest BCUT2D eigenvalue weighted by atomic mass is 16.2. The molecule has 2 heterocycles. The molecule has 142 valence electrons. The Morgan fingerprint density at radius 3 is 2.75 bits per heavy atom. The van der Waals surface area contributed by atoms with Crippen LogP contribution in [0.1, 0.15) is 24.0 Å². The maximum atomic E-state index is 12.5. The van der Waals surface area contributed by atoms with E-state index in [4.69, 9.17) is 0 Å². The summed E-state index contributed by atoms with van der Waals surface area (Å²) < 4.78 is 1.84. The van der Waals surface area contributed by atoms with Gasteiger partial charge in [0, 0.05) is 48.9 Å². The highest BCUT2D eigenvalue weighted by Crippen LogP contribution is 2.19. The largest absolute Gasteiger partial charge is 0.361 e. The number of carbonyl (C=O) groups is 1. The quantitative estimate of drug-likeness (QED) is 0.525. The number of fused-ring (bicyclic) bond motifs is 1. The van der Waals surface area contributed by atoms with Gasteiger partial charge in [-0.2, -0.15) is 5.10 Å². The number of aromatic nitrogens is 3. The van der Waals surface area contributed by atoms with Crippen molar-refractivity contribution in [2.24, 2.45) is 0 Å². The summed E-state index contributed by atoms with van der Waals surface area (Å²) in [5.74, 6) is 0.160. The molecule has 0 spiro atoms. The number of hydrogen-bond acceptors (Lipinski definition) is 2. The van der Waals surface area contributed by atoms with Gasteiger partial charge in [0.15, 0.2) is 0 Å². The number of carbonyl (C=O) groups excluding carboxylic acids is 1. The molecule has 0 saturated heterocycles. The fraction of sp³-hybridized carbons (Fsp3) is 0.217. The molecule has 0 unspecified atom stereocenters. The average molecular weight is 372 g/mol. The van der Waals surface area contributed by atoms with Crippen LogP contribution in [-0.4, -0.2) is 32.6 Å². The lowest BCUT2D eigenvalue weighted by Gasteiger charge is -2.16. The van der Waals surface area contributed by atoms with Crippen molar-refractivity contribution in [2.45, 2.75) is 25.8 Å².